The van der Waals surface area contributed by atoms with E-state index < -0.39 is 7.74 Å². The molecule has 3 N–H and O–H groups in total. The van der Waals surface area contributed by atoms with E-state index in [0.717, 1.165) is 0 Å². The topological polar surface area (TPSA) is 85.8 Å². The van der Waals surface area contributed by atoms with Gasteiger partial charge < -0.3 is 1.43 Å². The Bertz CT molecular complexity index is 85.4. The molecule has 1 saturated heterocycles. The van der Waals surface area contributed by atoms with Crippen molar-refractivity contribution in [2.45, 2.75) is 0 Å². The molecule has 1 aliphatic rings. The fourth-order valence-electron chi connectivity index (χ4n) is 0.0447. The van der Waals surface area contributed by atoms with Crippen molar-refractivity contribution in [1.29, 1.82) is 0 Å². The molecule has 1 aliphatic heterocycles. The molecule has 9 heteroatoms. The zero-order chi connectivity index (χ0) is 4.86. The van der Waals surface area contributed by atoms with Gasteiger partial charge in [0.1, 0.15) is 0 Å². The van der Waals surface area contributed by atoms with E-state index in [0.29, 0.717) is 0 Å². The molecule has 0 bridgehead atoms. The molecule has 0 aromatic heterocycles. The third-order valence-corrected chi connectivity index (χ3v) is 0.824. The van der Waals surface area contributed by atoms with E-state index in [1.54, 1.807) is 0 Å². The molecule has 0 radical (unpaired) electrons. The smallest absolute Gasteiger partial charge is 1.00 e. The Morgan fingerprint density at radius 2 is 1.22 bits per heavy atom. The summed E-state index contributed by atoms with van der Waals surface area (Å²) in [4.78, 5) is 23.7. The average Bonchev–Trinajstić information content (AvgIpc) is 1.73. The van der Waals surface area contributed by atoms with Crippen molar-refractivity contribution in [2.75, 3.05) is 0 Å². The van der Waals surface area contributed by atoms with Crippen LogP contribution in [-0.2, 0) is 48.1 Å². The second-order valence-electron chi connectivity index (χ2n) is 0.982. The van der Waals surface area contributed by atoms with Crippen LogP contribution in [0.5, 0.6) is 0 Å². The standard InChI is InChI=1S/Fe.Li.H3O5P.Ti.H/c;;1-6(2,3)4-5-6;;/h;;1-3H;;/q;+1;;;-1. The summed E-state index contributed by atoms with van der Waals surface area (Å²) in [6.45, 7) is 0. The normalized spacial score (nSPS) is 28.6. The molecule has 1 rings (SSSR count). The maximum absolute atomic E-state index is 7.89. The van der Waals surface area contributed by atoms with E-state index in [9.17, 15) is 0 Å². The Morgan fingerprint density at radius 3 is 1.22 bits per heavy atom. The fraction of sp³-hybridized carbons (Fsp3) is 0. The Morgan fingerprint density at radius 1 is 1.11 bits per heavy atom. The monoisotopic (exact) mass is 226 g/mol. The SMILES string of the molecule is OP1(O)(O)OO1.[Fe].[H-].[Li+].[Ti]. The van der Waals surface area contributed by atoms with E-state index in [2.05, 4.69) is 9.35 Å². The average molecular weight is 226 g/mol. The number of rotatable bonds is 0. The van der Waals surface area contributed by atoms with Crippen LogP contribution in [0, 0.1) is 0 Å². The van der Waals surface area contributed by atoms with Crippen molar-refractivity contribution in [2.24, 2.45) is 0 Å². The summed E-state index contributed by atoms with van der Waals surface area (Å²) >= 11 is 0. The van der Waals surface area contributed by atoms with Crippen LogP contribution < -0.4 is 18.9 Å². The molecule has 1 heterocycles. The van der Waals surface area contributed by atoms with Gasteiger partial charge in [-0.15, -0.1) is 0 Å². The Labute approximate surface area is 90.4 Å². The number of hydrogen-bond acceptors (Lipinski definition) is 5. The second-order valence-corrected chi connectivity index (χ2v) is 2.95. The van der Waals surface area contributed by atoms with Gasteiger partial charge in [-0.25, -0.2) is 0 Å². The Hall–Kier alpha value is 2.06. The molecule has 5 nitrogen and oxygen atoms in total. The van der Waals surface area contributed by atoms with E-state index in [1.165, 1.54) is 0 Å². The summed E-state index contributed by atoms with van der Waals surface area (Å²) < 4.78 is 6.76. The molecule has 0 amide bonds. The first kappa shape index (κ1) is 17.2. The minimum Gasteiger partial charge on any atom is -1.00 e. The molecule has 0 aliphatic carbocycles. The van der Waals surface area contributed by atoms with Crippen molar-refractivity contribution in [3.8, 4) is 0 Å². The van der Waals surface area contributed by atoms with Crippen molar-refractivity contribution in [1.82, 2.24) is 0 Å². The van der Waals surface area contributed by atoms with Crippen LogP contribution in [0.2, 0.25) is 0 Å². The molecule has 52 valence electrons. The maximum atomic E-state index is 7.89. The molecule has 1 fully saturated rings. The van der Waals surface area contributed by atoms with Crippen LogP contribution in [0.3, 0.4) is 0 Å². The van der Waals surface area contributed by atoms with Crippen LogP contribution in [-0.4, -0.2) is 14.7 Å². The summed E-state index contributed by atoms with van der Waals surface area (Å²) in [7, 11) is -4.80. The first-order valence-electron chi connectivity index (χ1n) is 1.13. The molecule has 0 aromatic carbocycles. The minimum absolute atomic E-state index is 0. The minimum atomic E-state index is -4.80. The summed E-state index contributed by atoms with van der Waals surface area (Å²) in [6, 6.07) is 0. The number of hydrogen-bond donors (Lipinski definition) is 3. The largest absolute Gasteiger partial charge is 1.00 e. The third kappa shape index (κ3) is 7.96. The van der Waals surface area contributed by atoms with E-state index in [-0.39, 0.29) is 59.1 Å². The molecule has 0 saturated carbocycles. The zero-order valence-electron chi connectivity index (χ0n) is 5.46. The van der Waals surface area contributed by atoms with Crippen LogP contribution in [0.15, 0.2) is 0 Å². The molecule has 0 aromatic rings. The van der Waals surface area contributed by atoms with Gasteiger partial charge in [-0.1, -0.05) is 0 Å². The third-order valence-electron chi connectivity index (χ3n) is 0.275. The maximum Gasteiger partial charge on any atom is 1.00 e. The first-order chi connectivity index (χ1) is 2.47. The summed E-state index contributed by atoms with van der Waals surface area (Å²) in [5.41, 5.74) is 0. The fourth-order valence-corrected chi connectivity index (χ4v) is 0.402. The van der Waals surface area contributed by atoms with Crippen LogP contribution in [0.1, 0.15) is 1.43 Å². The first-order valence-corrected chi connectivity index (χ1v) is 3.06. The van der Waals surface area contributed by atoms with Gasteiger partial charge in [0.25, 0.3) is 0 Å². The van der Waals surface area contributed by atoms with E-state index >= 15 is 0 Å². The second kappa shape index (κ2) is 4.18. The van der Waals surface area contributed by atoms with Gasteiger partial charge in [0, 0.05) is 38.8 Å². The van der Waals surface area contributed by atoms with Gasteiger partial charge >= 0.3 is 50.6 Å². The van der Waals surface area contributed by atoms with Crippen molar-refractivity contribution >= 4 is 7.74 Å². The van der Waals surface area contributed by atoms with Crippen molar-refractivity contribution in [3.05, 3.63) is 0 Å². The van der Waals surface area contributed by atoms with E-state index in [4.69, 9.17) is 14.7 Å². The van der Waals surface area contributed by atoms with Gasteiger partial charge in [0.2, 0.25) is 0 Å². The van der Waals surface area contributed by atoms with Crippen molar-refractivity contribution < 1.29 is 83.1 Å². The van der Waals surface area contributed by atoms with Gasteiger partial charge in [0.15, 0.2) is 0 Å². The molecule has 0 atom stereocenters. The van der Waals surface area contributed by atoms with Crippen LogP contribution >= 0.6 is 7.74 Å². The Kier molecular flexibility index (Phi) is 8.00. The summed E-state index contributed by atoms with van der Waals surface area (Å²) in [5.74, 6) is 0. The summed E-state index contributed by atoms with van der Waals surface area (Å²) in [5, 5.41) is 0. The molecule has 0 spiro atoms. The summed E-state index contributed by atoms with van der Waals surface area (Å²) in [6.07, 6.45) is 0. The van der Waals surface area contributed by atoms with Crippen LogP contribution in [0.4, 0.5) is 0 Å². The predicted molar refractivity (Wildman–Crippen MR) is 16.9 cm³/mol. The van der Waals surface area contributed by atoms with Gasteiger partial charge in [-0.3, -0.25) is 0 Å². The molecular weight excluding hydrogens is 222 g/mol. The Balaban J connectivity index is -0.0000000450. The zero-order valence-corrected chi connectivity index (χ0v) is 8.02. The molecular formula is H4FeLiO5PTi. The van der Waals surface area contributed by atoms with Crippen molar-refractivity contribution in [3.63, 3.8) is 0 Å². The van der Waals surface area contributed by atoms with E-state index in [1.807, 2.05) is 0 Å². The quantitative estimate of drug-likeness (QED) is 0.170. The molecule has 0 unspecified atom stereocenters. The van der Waals surface area contributed by atoms with Crippen LogP contribution in [0.25, 0.3) is 0 Å². The van der Waals surface area contributed by atoms with Gasteiger partial charge in [-0.05, 0) is 0 Å². The predicted octanol–water partition coefficient (Wildman–Crippen LogP) is -3.84. The molecule has 9 heavy (non-hydrogen) atoms. The van der Waals surface area contributed by atoms with Gasteiger partial charge in [-0.2, -0.15) is 0 Å². The van der Waals surface area contributed by atoms with Gasteiger partial charge in [0.05, 0.1) is 0 Å².